The summed E-state index contributed by atoms with van der Waals surface area (Å²) in [5.74, 6) is 1.57. The van der Waals surface area contributed by atoms with Crippen LogP contribution < -0.4 is 0 Å². The zero-order valence-electron chi connectivity index (χ0n) is 31.9. The molecule has 5 heteroatoms. The molecule has 8 aromatic carbocycles. The minimum atomic E-state index is 0.660. The van der Waals surface area contributed by atoms with Gasteiger partial charge >= 0.3 is 0 Å². The summed E-state index contributed by atoms with van der Waals surface area (Å²) in [6, 6.07) is 59.8. The molecule has 12 aromatic rings. The van der Waals surface area contributed by atoms with Gasteiger partial charge in [-0.05, 0) is 71.1 Å². The molecular weight excluding hydrogens is 719 g/mol. The molecule has 0 saturated heterocycles. The summed E-state index contributed by atoms with van der Waals surface area (Å²) >= 11 is 0. The van der Waals surface area contributed by atoms with Gasteiger partial charge in [0.1, 0.15) is 0 Å². The van der Waals surface area contributed by atoms with Crippen LogP contribution in [0.1, 0.15) is 17.7 Å². The molecule has 14 rings (SSSR count). The van der Waals surface area contributed by atoms with Crippen molar-refractivity contribution in [2.45, 2.75) is 12.8 Å². The molecule has 2 aliphatic rings. The number of benzene rings is 8. The highest BCUT2D eigenvalue weighted by molar-refractivity contribution is 6.28. The number of hydrogen-bond donors (Lipinski definition) is 0. The lowest BCUT2D eigenvalue weighted by atomic mass is 9.91. The summed E-state index contributed by atoms with van der Waals surface area (Å²) in [6.07, 6.45) is 6.54. The maximum Gasteiger partial charge on any atom is 0.237 e. The molecule has 0 N–H and O–H groups in total. The Morgan fingerprint density at radius 1 is 0.458 bits per heavy atom. The van der Waals surface area contributed by atoms with Gasteiger partial charge in [0.2, 0.25) is 5.95 Å². The molecule has 0 spiro atoms. The fraction of sp³-hybridized carbons (Fsp3) is 0.0370. The number of fused-ring (bicyclic) bond motifs is 18. The summed E-state index contributed by atoms with van der Waals surface area (Å²) < 4.78 is 7.28. The van der Waals surface area contributed by atoms with Crippen molar-refractivity contribution in [3.8, 4) is 39.7 Å². The zero-order chi connectivity index (χ0) is 38.3. The summed E-state index contributed by atoms with van der Waals surface area (Å²) in [6.45, 7) is 0. The first-order chi connectivity index (χ1) is 29.3. The predicted molar refractivity (Wildman–Crippen MR) is 244 cm³/mol. The molecule has 274 valence electrons. The van der Waals surface area contributed by atoms with E-state index in [0.29, 0.717) is 5.95 Å². The van der Waals surface area contributed by atoms with Crippen molar-refractivity contribution in [1.82, 2.24) is 23.7 Å². The maximum absolute atomic E-state index is 5.79. The lowest BCUT2D eigenvalue weighted by Crippen LogP contribution is -2.10. The van der Waals surface area contributed by atoms with Crippen molar-refractivity contribution in [2.75, 3.05) is 0 Å². The normalized spacial score (nSPS) is 13.2. The standard InChI is InChI=1S/C54H33N5/c1-2-16-33-32(15-1)29-30-42-49(33)53(58-45-26-12-6-19-36(45)37-20-7-13-27-46(37)58)56-54(55-42)59-47-28-14-9-23-40(47)50-48(59)31-41-38-21-8-11-25-44(38)57-43-24-10-5-18-35(43)34-17-3-4-22-39(34)51(50)52(41)57/h1-12,14-26,28-31H,13,27H2. The topological polar surface area (TPSA) is 40.6 Å². The SMILES string of the molecule is C1=Cc2c(n(-c3nc(-n4c5ccccc5c5c6c7c(cc54)c4ccccc4n7-c4ccccc4-c4ccccc4-6)nc4ccc5ccccc5c34)c3ccccc23)CC1. The average Bonchev–Trinajstić information content (AvgIpc) is 3.90. The van der Waals surface area contributed by atoms with Crippen molar-refractivity contribution in [3.63, 3.8) is 0 Å². The first-order valence-electron chi connectivity index (χ1n) is 20.5. The quantitative estimate of drug-likeness (QED) is 0.165. The Morgan fingerprint density at radius 2 is 1.12 bits per heavy atom. The van der Waals surface area contributed by atoms with E-state index in [0.717, 1.165) is 51.5 Å². The van der Waals surface area contributed by atoms with Crippen LogP contribution in [0, 0.1) is 0 Å². The Labute approximate surface area is 338 Å². The highest BCUT2D eigenvalue weighted by Crippen LogP contribution is 2.51. The molecule has 4 aromatic heterocycles. The first kappa shape index (κ1) is 31.3. The Hall–Kier alpha value is -7.76. The van der Waals surface area contributed by atoms with Gasteiger partial charge in [0, 0.05) is 49.3 Å². The largest absolute Gasteiger partial charge is 0.308 e. The van der Waals surface area contributed by atoms with E-state index < -0.39 is 0 Å². The van der Waals surface area contributed by atoms with E-state index in [9.17, 15) is 0 Å². The lowest BCUT2D eigenvalue weighted by Gasteiger charge is -2.18. The molecule has 0 saturated carbocycles. The van der Waals surface area contributed by atoms with E-state index >= 15 is 0 Å². The van der Waals surface area contributed by atoms with Crippen molar-refractivity contribution in [3.05, 3.63) is 181 Å². The summed E-state index contributed by atoms with van der Waals surface area (Å²) in [4.78, 5) is 11.4. The Kier molecular flexibility index (Phi) is 6.07. The number of aromatic nitrogens is 5. The van der Waals surface area contributed by atoms with Crippen LogP contribution in [0.2, 0.25) is 0 Å². The highest BCUT2D eigenvalue weighted by atomic mass is 15.2. The lowest BCUT2D eigenvalue weighted by molar-refractivity contribution is 0.865. The van der Waals surface area contributed by atoms with Crippen LogP contribution in [0.4, 0.5) is 0 Å². The van der Waals surface area contributed by atoms with Gasteiger partial charge in [-0.25, -0.2) is 4.98 Å². The average molecular weight is 752 g/mol. The minimum Gasteiger partial charge on any atom is -0.308 e. The second kappa shape index (κ2) is 11.4. The van der Waals surface area contributed by atoms with Gasteiger partial charge in [-0.3, -0.25) is 9.13 Å². The van der Waals surface area contributed by atoms with Crippen molar-refractivity contribution >= 4 is 82.3 Å². The maximum atomic E-state index is 5.79. The van der Waals surface area contributed by atoms with E-state index in [-0.39, 0.29) is 0 Å². The van der Waals surface area contributed by atoms with E-state index in [1.165, 1.54) is 82.5 Å². The molecule has 1 aliphatic heterocycles. The number of nitrogens with zero attached hydrogens (tertiary/aromatic N) is 5. The molecule has 0 fully saturated rings. The summed E-state index contributed by atoms with van der Waals surface area (Å²) in [7, 11) is 0. The van der Waals surface area contributed by atoms with Crippen molar-refractivity contribution < 1.29 is 0 Å². The molecule has 0 atom stereocenters. The fourth-order valence-electron chi connectivity index (χ4n) is 10.7. The van der Waals surface area contributed by atoms with Crippen LogP contribution >= 0.6 is 0 Å². The van der Waals surface area contributed by atoms with Crippen molar-refractivity contribution in [2.24, 2.45) is 0 Å². The van der Waals surface area contributed by atoms with Gasteiger partial charge in [0.05, 0.1) is 44.2 Å². The molecule has 0 radical (unpaired) electrons. The molecule has 1 aliphatic carbocycles. The van der Waals surface area contributed by atoms with Gasteiger partial charge in [-0.1, -0.05) is 140 Å². The van der Waals surface area contributed by atoms with Gasteiger partial charge in [-0.2, -0.15) is 4.98 Å². The Balaban J connectivity index is 1.19. The van der Waals surface area contributed by atoms with Gasteiger partial charge in [0.25, 0.3) is 0 Å². The van der Waals surface area contributed by atoms with Gasteiger partial charge in [0.15, 0.2) is 5.82 Å². The van der Waals surface area contributed by atoms with E-state index in [4.69, 9.17) is 9.97 Å². The van der Waals surface area contributed by atoms with Crippen LogP contribution in [-0.2, 0) is 6.42 Å². The fourth-order valence-corrected chi connectivity index (χ4v) is 10.7. The molecule has 5 nitrogen and oxygen atoms in total. The van der Waals surface area contributed by atoms with E-state index in [2.05, 4.69) is 190 Å². The number of hydrogen-bond acceptors (Lipinski definition) is 2. The summed E-state index contributed by atoms with van der Waals surface area (Å²) in [5.41, 5.74) is 15.4. The van der Waals surface area contributed by atoms with Crippen LogP contribution in [0.15, 0.2) is 170 Å². The summed E-state index contributed by atoms with van der Waals surface area (Å²) in [5, 5.41) is 9.45. The second-order valence-electron chi connectivity index (χ2n) is 16.0. The molecule has 0 unspecified atom stereocenters. The van der Waals surface area contributed by atoms with E-state index in [1.807, 2.05) is 0 Å². The molecule has 59 heavy (non-hydrogen) atoms. The minimum absolute atomic E-state index is 0.660. The van der Waals surface area contributed by atoms with Crippen LogP contribution in [0.3, 0.4) is 0 Å². The Bertz CT molecular complexity index is 3850. The van der Waals surface area contributed by atoms with Crippen LogP contribution in [0.25, 0.3) is 122 Å². The number of allylic oxidation sites excluding steroid dienone is 1. The van der Waals surface area contributed by atoms with Crippen LogP contribution in [-0.4, -0.2) is 23.7 Å². The monoisotopic (exact) mass is 751 g/mol. The number of rotatable bonds is 2. The van der Waals surface area contributed by atoms with Crippen molar-refractivity contribution in [1.29, 1.82) is 0 Å². The number of para-hydroxylation sites is 4. The predicted octanol–water partition coefficient (Wildman–Crippen LogP) is 13.5. The van der Waals surface area contributed by atoms with Crippen LogP contribution in [0.5, 0.6) is 0 Å². The van der Waals surface area contributed by atoms with E-state index in [1.54, 1.807) is 0 Å². The third-order valence-corrected chi connectivity index (χ3v) is 13.0. The zero-order valence-corrected chi connectivity index (χ0v) is 31.9. The molecule has 0 bridgehead atoms. The van der Waals surface area contributed by atoms with Gasteiger partial charge in [-0.15, -0.1) is 0 Å². The first-order valence-corrected chi connectivity index (χ1v) is 20.5. The molecule has 5 heterocycles. The van der Waals surface area contributed by atoms with Gasteiger partial charge < -0.3 is 4.57 Å². The highest BCUT2D eigenvalue weighted by Gasteiger charge is 2.30. The molecule has 0 amide bonds. The second-order valence-corrected chi connectivity index (χ2v) is 16.0. The molecular formula is C54H33N5. The smallest absolute Gasteiger partial charge is 0.237 e. The third-order valence-electron chi connectivity index (χ3n) is 13.0. The Morgan fingerprint density at radius 3 is 1.97 bits per heavy atom. The third kappa shape index (κ3) is 4.03.